The number of carboxylic acid groups (broad SMARTS) is 1. The molecular weight excluding hydrogens is 487 g/mol. The van der Waals surface area contributed by atoms with Crippen LogP contribution in [0.1, 0.15) is 17.0 Å². The molecule has 3 aromatic rings. The van der Waals surface area contributed by atoms with Crippen LogP contribution in [0, 0.1) is 6.92 Å². The molecule has 0 spiro atoms. The van der Waals surface area contributed by atoms with Gasteiger partial charge in [0.25, 0.3) is 0 Å². The number of aliphatic carboxylic acids is 1. The molecule has 0 amide bonds. The Kier molecular flexibility index (Phi) is 6.71. The highest BCUT2D eigenvalue weighted by molar-refractivity contribution is 9.10. The van der Waals surface area contributed by atoms with E-state index in [1.54, 1.807) is 25.1 Å². The standard InChI is InChI=1S/C19H15BrF3N3O3S/c1-11-16(10-30-14-6-7-17(15(20)8-14)29-9-18(27)28)25-26(24-11)13-4-2-12(3-5-13)19(21,22)23/h2-8H,9-10H2,1H3,(H,27,28). The fourth-order valence-corrected chi connectivity index (χ4v) is 4.00. The Morgan fingerprint density at radius 2 is 1.90 bits per heavy atom. The molecule has 0 bridgehead atoms. The molecular formula is C19H15BrF3N3O3S. The molecule has 158 valence electrons. The Morgan fingerprint density at radius 3 is 2.50 bits per heavy atom. The molecule has 1 N–H and O–H groups in total. The second-order valence-electron chi connectivity index (χ2n) is 6.13. The molecule has 0 aliphatic rings. The van der Waals surface area contributed by atoms with Crippen LogP contribution in [0.2, 0.25) is 0 Å². The summed E-state index contributed by atoms with van der Waals surface area (Å²) in [5, 5.41) is 17.3. The Morgan fingerprint density at radius 1 is 1.20 bits per heavy atom. The molecule has 0 saturated heterocycles. The van der Waals surface area contributed by atoms with Crippen LogP contribution in [0.15, 0.2) is 51.8 Å². The van der Waals surface area contributed by atoms with Gasteiger partial charge in [-0.05, 0) is 65.3 Å². The van der Waals surface area contributed by atoms with Crippen LogP contribution in [0.3, 0.4) is 0 Å². The maximum atomic E-state index is 12.7. The molecule has 0 radical (unpaired) electrons. The van der Waals surface area contributed by atoms with Crippen molar-refractivity contribution >= 4 is 33.7 Å². The van der Waals surface area contributed by atoms with E-state index in [1.807, 2.05) is 0 Å². The minimum atomic E-state index is -4.39. The molecule has 1 heterocycles. The van der Waals surface area contributed by atoms with Crippen molar-refractivity contribution in [1.82, 2.24) is 15.0 Å². The lowest BCUT2D eigenvalue weighted by Gasteiger charge is -2.07. The number of carbonyl (C=O) groups is 1. The second-order valence-corrected chi connectivity index (χ2v) is 8.03. The molecule has 0 atom stereocenters. The van der Waals surface area contributed by atoms with Gasteiger partial charge in [0.15, 0.2) is 6.61 Å². The lowest BCUT2D eigenvalue weighted by atomic mass is 10.2. The SMILES string of the molecule is Cc1nn(-c2ccc(C(F)(F)F)cc2)nc1CSc1ccc(OCC(=O)O)c(Br)c1. The number of aryl methyl sites for hydroxylation is 1. The van der Waals surface area contributed by atoms with E-state index in [2.05, 4.69) is 26.1 Å². The number of ether oxygens (including phenoxy) is 1. The zero-order valence-electron chi connectivity index (χ0n) is 15.5. The molecule has 0 unspecified atom stereocenters. The van der Waals surface area contributed by atoms with Crippen molar-refractivity contribution in [3.8, 4) is 11.4 Å². The van der Waals surface area contributed by atoms with E-state index in [0.717, 1.165) is 17.0 Å². The molecule has 6 nitrogen and oxygen atoms in total. The normalized spacial score (nSPS) is 11.5. The molecule has 3 rings (SSSR count). The van der Waals surface area contributed by atoms with E-state index in [4.69, 9.17) is 9.84 Å². The Labute approximate surface area is 182 Å². The van der Waals surface area contributed by atoms with Crippen molar-refractivity contribution in [2.45, 2.75) is 23.7 Å². The Balaban J connectivity index is 1.68. The number of carboxylic acids is 1. The van der Waals surface area contributed by atoms with Gasteiger partial charge in [-0.1, -0.05) is 0 Å². The quantitative estimate of drug-likeness (QED) is 0.453. The zero-order valence-corrected chi connectivity index (χ0v) is 17.9. The highest BCUT2D eigenvalue weighted by atomic mass is 79.9. The van der Waals surface area contributed by atoms with E-state index < -0.39 is 24.3 Å². The molecule has 0 aliphatic heterocycles. The molecule has 11 heteroatoms. The first-order chi connectivity index (χ1) is 14.1. The van der Waals surface area contributed by atoms with Gasteiger partial charge < -0.3 is 9.84 Å². The first kappa shape index (κ1) is 22.2. The first-order valence-electron chi connectivity index (χ1n) is 8.51. The topological polar surface area (TPSA) is 77.2 Å². The van der Waals surface area contributed by atoms with Crippen LogP contribution in [-0.4, -0.2) is 32.7 Å². The Bertz CT molecular complexity index is 1060. The molecule has 30 heavy (non-hydrogen) atoms. The van der Waals surface area contributed by atoms with Gasteiger partial charge in [-0.15, -0.1) is 11.8 Å². The number of nitrogens with zero attached hydrogens (tertiary/aromatic N) is 3. The fourth-order valence-electron chi connectivity index (χ4n) is 2.42. The van der Waals surface area contributed by atoms with E-state index in [1.165, 1.54) is 28.7 Å². The number of benzene rings is 2. The summed E-state index contributed by atoms with van der Waals surface area (Å²) in [6, 6.07) is 9.90. The summed E-state index contributed by atoms with van der Waals surface area (Å²) in [4.78, 5) is 12.8. The lowest BCUT2D eigenvalue weighted by molar-refractivity contribution is -0.139. The van der Waals surface area contributed by atoms with Crippen LogP contribution in [0.5, 0.6) is 5.75 Å². The average molecular weight is 502 g/mol. The van der Waals surface area contributed by atoms with Gasteiger partial charge in [-0.25, -0.2) is 4.79 Å². The number of thioether (sulfide) groups is 1. The molecule has 0 aliphatic carbocycles. The van der Waals surface area contributed by atoms with Crippen LogP contribution in [-0.2, 0) is 16.7 Å². The van der Waals surface area contributed by atoms with Crippen molar-refractivity contribution in [2.75, 3.05) is 6.61 Å². The van der Waals surface area contributed by atoms with Gasteiger partial charge in [0.1, 0.15) is 5.75 Å². The minimum Gasteiger partial charge on any atom is -0.481 e. The van der Waals surface area contributed by atoms with E-state index in [9.17, 15) is 18.0 Å². The van der Waals surface area contributed by atoms with Crippen molar-refractivity contribution in [3.05, 3.63) is 63.9 Å². The number of hydrogen-bond donors (Lipinski definition) is 1. The number of alkyl halides is 3. The number of aromatic nitrogens is 3. The highest BCUT2D eigenvalue weighted by Crippen LogP contribution is 2.32. The minimum absolute atomic E-state index is 0.422. The van der Waals surface area contributed by atoms with Gasteiger partial charge in [-0.3, -0.25) is 0 Å². The first-order valence-corrected chi connectivity index (χ1v) is 10.3. The molecule has 0 fully saturated rings. The third-order valence-electron chi connectivity index (χ3n) is 3.93. The third kappa shape index (κ3) is 5.54. The van der Waals surface area contributed by atoms with Crippen LogP contribution in [0.25, 0.3) is 5.69 Å². The summed E-state index contributed by atoms with van der Waals surface area (Å²) >= 11 is 4.83. The van der Waals surface area contributed by atoms with Crippen molar-refractivity contribution < 1.29 is 27.8 Å². The number of halogens is 4. The lowest BCUT2D eigenvalue weighted by Crippen LogP contribution is -2.09. The second kappa shape index (κ2) is 9.09. The summed E-state index contributed by atoms with van der Waals surface area (Å²) in [5.74, 6) is -0.146. The third-order valence-corrected chi connectivity index (χ3v) is 5.56. The smallest absolute Gasteiger partial charge is 0.416 e. The number of rotatable bonds is 7. The molecule has 0 saturated carbocycles. The molecule has 1 aromatic heterocycles. The van der Waals surface area contributed by atoms with Crippen LogP contribution < -0.4 is 4.74 Å². The summed E-state index contributed by atoms with van der Waals surface area (Å²) in [7, 11) is 0. The predicted octanol–water partition coefficient (Wildman–Crippen LogP) is 5.11. The summed E-state index contributed by atoms with van der Waals surface area (Å²) < 4.78 is 43.9. The summed E-state index contributed by atoms with van der Waals surface area (Å²) in [6.07, 6.45) is -4.39. The van der Waals surface area contributed by atoms with Gasteiger partial charge >= 0.3 is 12.1 Å². The van der Waals surface area contributed by atoms with Crippen molar-refractivity contribution in [3.63, 3.8) is 0 Å². The highest BCUT2D eigenvalue weighted by Gasteiger charge is 2.30. The van der Waals surface area contributed by atoms with E-state index >= 15 is 0 Å². The largest absolute Gasteiger partial charge is 0.481 e. The van der Waals surface area contributed by atoms with Gasteiger partial charge in [0.05, 0.1) is 27.1 Å². The fraction of sp³-hybridized carbons (Fsp3) is 0.211. The maximum Gasteiger partial charge on any atom is 0.416 e. The monoisotopic (exact) mass is 501 g/mol. The van der Waals surface area contributed by atoms with Crippen molar-refractivity contribution in [1.29, 1.82) is 0 Å². The van der Waals surface area contributed by atoms with Gasteiger partial charge in [0, 0.05) is 10.6 Å². The average Bonchev–Trinajstić information content (AvgIpc) is 3.05. The zero-order chi connectivity index (χ0) is 21.9. The van der Waals surface area contributed by atoms with Crippen LogP contribution in [0.4, 0.5) is 13.2 Å². The predicted molar refractivity (Wildman–Crippen MR) is 108 cm³/mol. The van der Waals surface area contributed by atoms with Crippen molar-refractivity contribution in [2.24, 2.45) is 0 Å². The van der Waals surface area contributed by atoms with Gasteiger partial charge in [0.2, 0.25) is 0 Å². The summed E-state index contributed by atoms with van der Waals surface area (Å²) in [6.45, 7) is 1.35. The summed E-state index contributed by atoms with van der Waals surface area (Å²) in [5.41, 5.74) is 1.07. The van der Waals surface area contributed by atoms with E-state index in [0.29, 0.717) is 33.1 Å². The van der Waals surface area contributed by atoms with E-state index in [-0.39, 0.29) is 0 Å². The molecule has 2 aromatic carbocycles. The van der Waals surface area contributed by atoms with Gasteiger partial charge in [-0.2, -0.15) is 28.2 Å². The Hall–Kier alpha value is -2.53. The maximum absolute atomic E-state index is 12.7. The van der Waals surface area contributed by atoms with Crippen LogP contribution >= 0.6 is 27.7 Å². The number of hydrogen-bond acceptors (Lipinski definition) is 5.